The van der Waals surface area contributed by atoms with Crippen molar-refractivity contribution in [3.8, 4) is 0 Å². The summed E-state index contributed by atoms with van der Waals surface area (Å²) < 4.78 is 0. The normalized spacial score (nSPS) is 15.5. The van der Waals surface area contributed by atoms with Crippen molar-refractivity contribution in [3.05, 3.63) is 12.2 Å². The van der Waals surface area contributed by atoms with Gasteiger partial charge < -0.3 is 0 Å². The number of rotatable bonds is 7. The minimum absolute atomic E-state index is 0.502. The summed E-state index contributed by atoms with van der Waals surface area (Å²) in [6.07, 6.45) is 11.7. The Bertz CT molecular complexity index is 220. The lowest BCUT2D eigenvalue weighted by molar-refractivity contribution is 0.613. The molecular weight excluding hydrogens is 220 g/mol. The predicted octanol–water partition coefficient (Wildman–Crippen LogP) is 6.41. The summed E-state index contributed by atoms with van der Waals surface area (Å²) in [5.41, 5.74) is 0.851. The molecule has 0 amide bonds. The molecule has 0 saturated heterocycles. The van der Waals surface area contributed by atoms with Gasteiger partial charge in [-0.15, -0.1) is 0 Å². The molecule has 0 aromatic heterocycles. The third-order valence-electron chi connectivity index (χ3n) is 4.65. The zero-order valence-electron chi connectivity index (χ0n) is 13.3. The van der Waals surface area contributed by atoms with Crippen LogP contribution in [0.15, 0.2) is 12.2 Å². The van der Waals surface area contributed by atoms with Gasteiger partial charge in [0, 0.05) is 0 Å². The number of hydrogen-bond donors (Lipinski definition) is 0. The van der Waals surface area contributed by atoms with E-state index in [1.165, 1.54) is 32.1 Å². The molecule has 0 aliphatic heterocycles. The summed E-state index contributed by atoms with van der Waals surface area (Å²) >= 11 is 0. The van der Waals surface area contributed by atoms with Gasteiger partial charge in [0.05, 0.1) is 8.07 Å². The fraction of sp³-hybridized carbons (Fsp3) is 0.875. The second-order valence-corrected chi connectivity index (χ2v) is 12.6. The molecular formula is C16H34Si. The topological polar surface area (TPSA) is 0 Å². The van der Waals surface area contributed by atoms with Gasteiger partial charge in [-0.1, -0.05) is 78.6 Å². The standard InChI is InChI=1S/C16H34Si/c1-8-10-11-12-14-15(13-9-2)17(6,7)16(3,4)5/h9,13,15H,8,10-12,14H2,1-7H3/b13-9+/t15-/m1/s1. The van der Waals surface area contributed by atoms with Crippen LogP contribution in [0, 0.1) is 0 Å². The van der Waals surface area contributed by atoms with Crippen molar-refractivity contribution in [2.75, 3.05) is 0 Å². The van der Waals surface area contributed by atoms with Crippen LogP contribution >= 0.6 is 0 Å². The van der Waals surface area contributed by atoms with Crippen LogP contribution in [0.25, 0.3) is 0 Å². The monoisotopic (exact) mass is 254 g/mol. The van der Waals surface area contributed by atoms with Crippen LogP contribution in [0.2, 0.25) is 23.7 Å². The smallest absolute Gasteiger partial charge is 0.0596 e. The Morgan fingerprint density at radius 1 is 1.06 bits per heavy atom. The highest BCUT2D eigenvalue weighted by molar-refractivity contribution is 6.81. The number of allylic oxidation sites excluding steroid dienone is 2. The van der Waals surface area contributed by atoms with Gasteiger partial charge in [-0.2, -0.15) is 0 Å². The van der Waals surface area contributed by atoms with Gasteiger partial charge in [-0.05, 0) is 23.9 Å². The first kappa shape index (κ1) is 17.0. The van der Waals surface area contributed by atoms with Crippen molar-refractivity contribution < 1.29 is 0 Å². The molecule has 0 spiro atoms. The minimum atomic E-state index is -1.20. The summed E-state index contributed by atoms with van der Waals surface area (Å²) in [5.74, 6) is 0. The van der Waals surface area contributed by atoms with Crippen molar-refractivity contribution in [2.24, 2.45) is 0 Å². The molecule has 0 aliphatic rings. The molecule has 17 heavy (non-hydrogen) atoms. The van der Waals surface area contributed by atoms with Crippen LogP contribution < -0.4 is 0 Å². The number of hydrogen-bond acceptors (Lipinski definition) is 0. The average molecular weight is 255 g/mol. The summed E-state index contributed by atoms with van der Waals surface area (Å²) in [4.78, 5) is 0. The summed E-state index contributed by atoms with van der Waals surface area (Å²) in [5, 5.41) is 0.502. The van der Waals surface area contributed by atoms with Crippen LogP contribution in [0.3, 0.4) is 0 Å². The number of unbranched alkanes of at least 4 members (excludes halogenated alkanes) is 3. The fourth-order valence-electron chi connectivity index (χ4n) is 2.28. The average Bonchev–Trinajstić information content (AvgIpc) is 2.21. The Hall–Kier alpha value is -0.0431. The first-order chi connectivity index (χ1) is 7.77. The minimum Gasteiger partial charge on any atom is -0.0917 e. The second-order valence-electron chi connectivity index (χ2n) is 6.95. The van der Waals surface area contributed by atoms with Crippen LogP contribution in [0.4, 0.5) is 0 Å². The van der Waals surface area contributed by atoms with Gasteiger partial charge in [-0.3, -0.25) is 0 Å². The molecule has 0 unspecified atom stereocenters. The lowest BCUT2D eigenvalue weighted by atomic mass is 10.1. The Labute approximate surface area is 111 Å². The molecule has 102 valence electrons. The lowest BCUT2D eigenvalue weighted by Gasteiger charge is -2.42. The van der Waals surface area contributed by atoms with E-state index in [0.717, 1.165) is 5.54 Å². The second kappa shape index (κ2) is 7.40. The highest BCUT2D eigenvalue weighted by atomic mass is 28.3. The van der Waals surface area contributed by atoms with Crippen molar-refractivity contribution in [1.82, 2.24) is 0 Å². The van der Waals surface area contributed by atoms with E-state index in [9.17, 15) is 0 Å². The molecule has 0 fully saturated rings. The molecule has 0 heterocycles. The van der Waals surface area contributed by atoms with Gasteiger partial charge in [0.15, 0.2) is 0 Å². The molecule has 0 radical (unpaired) electrons. The predicted molar refractivity (Wildman–Crippen MR) is 84.5 cm³/mol. The maximum absolute atomic E-state index is 2.57. The summed E-state index contributed by atoms with van der Waals surface area (Å²) in [7, 11) is -1.20. The maximum Gasteiger partial charge on any atom is 0.0596 e. The van der Waals surface area contributed by atoms with E-state index < -0.39 is 8.07 Å². The van der Waals surface area contributed by atoms with Crippen LogP contribution in [0.5, 0.6) is 0 Å². The Morgan fingerprint density at radius 3 is 2.06 bits per heavy atom. The van der Waals surface area contributed by atoms with Crippen molar-refractivity contribution in [3.63, 3.8) is 0 Å². The van der Waals surface area contributed by atoms with Gasteiger partial charge in [0.1, 0.15) is 0 Å². The lowest BCUT2D eigenvalue weighted by Crippen LogP contribution is -2.41. The van der Waals surface area contributed by atoms with Crippen LogP contribution in [-0.2, 0) is 0 Å². The fourth-order valence-corrected chi connectivity index (χ4v) is 4.99. The molecule has 0 aliphatic carbocycles. The quantitative estimate of drug-likeness (QED) is 0.280. The Balaban J connectivity index is 4.51. The zero-order chi connectivity index (χ0) is 13.5. The third kappa shape index (κ3) is 5.42. The van der Waals surface area contributed by atoms with Crippen molar-refractivity contribution in [2.45, 2.75) is 90.4 Å². The molecule has 0 nitrogen and oxygen atoms in total. The summed E-state index contributed by atoms with van der Waals surface area (Å²) in [6, 6.07) is 0. The molecule has 0 rings (SSSR count). The van der Waals surface area contributed by atoms with E-state index in [1.807, 2.05) is 0 Å². The Kier molecular flexibility index (Phi) is 7.39. The largest absolute Gasteiger partial charge is 0.0917 e. The van der Waals surface area contributed by atoms with E-state index >= 15 is 0 Å². The molecule has 0 bridgehead atoms. The van der Waals surface area contributed by atoms with Crippen LogP contribution in [0.1, 0.15) is 66.7 Å². The highest BCUT2D eigenvalue weighted by Crippen LogP contribution is 2.46. The molecule has 1 heteroatoms. The van der Waals surface area contributed by atoms with Gasteiger partial charge in [0.2, 0.25) is 0 Å². The van der Waals surface area contributed by atoms with E-state index in [2.05, 4.69) is 59.9 Å². The van der Waals surface area contributed by atoms with Crippen molar-refractivity contribution in [1.29, 1.82) is 0 Å². The Morgan fingerprint density at radius 2 is 1.65 bits per heavy atom. The van der Waals surface area contributed by atoms with E-state index in [1.54, 1.807) is 0 Å². The van der Waals surface area contributed by atoms with Crippen molar-refractivity contribution >= 4 is 8.07 Å². The molecule has 0 aromatic carbocycles. The van der Waals surface area contributed by atoms with Gasteiger partial charge in [0.25, 0.3) is 0 Å². The van der Waals surface area contributed by atoms with E-state index in [-0.39, 0.29) is 0 Å². The first-order valence-corrected chi connectivity index (χ1v) is 10.5. The first-order valence-electron chi connectivity index (χ1n) is 7.40. The van der Waals surface area contributed by atoms with Crippen LogP contribution in [-0.4, -0.2) is 8.07 Å². The molecule has 0 N–H and O–H groups in total. The summed E-state index contributed by atoms with van der Waals surface area (Å²) in [6.45, 7) is 16.9. The zero-order valence-corrected chi connectivity index (χ0v) is 14.3. The molecule has 0 saturated carbocycles. The SMILES string of the molecule is C/C=C/[C@H](CCCCCC)[Si](C)(C)C(C)(C)C. The van der Waals surface area contributed by atoms with E-state index in [0.29, 0.717) is 5.04 Å². The molecule has 1 atom stereocenters. The van der Waals surface area contributed by atoms with Gasteiger partial charge >= 0.3 is 0 Å². The van der Waals surface area contributed by atoms with E-state index in [4.69, 9.17) is 0 Å². The highest BCUT2D eigenvalue weighted by Gasteiger charge is 2.40. The maximum atomic E-state index is 2.57. The third-order valence-corrected chi connectivity index (χ3v) is 10.9. The molecule has 0 aromatic rings. The van der Waals surface area contributed by atoms with Gasteiger partial charge in [-0.25, -0.2) is 0 Å².